The molecule has 0 atom stereocenters. The summed E-state index contributed by atoms with van der Waals surface area (Å²) in [6, 6.07) is 11.5. The molecule has 23 heavy (non-hydrogen) atoms. The molecule has 0 heterocycles. The zero-order valence-corrected chi connectivity index (χ0v) is 13.5. The van der Waals surface area contributed by atoms with Crippen molar-refractivity contribution < 1.29 is 17.4 Å². The molecular weight excluding hydrogens is 314 g/mol. The van der Waals surface area contributed by atoms with Gasteiger partial charge in [0.05, 0.1) is 5.69 Å². The Balaban J connectivity index is 1.91. The summed E-state index contributed by atoms with van der Waals surface area (Å²) >= 11 is 0. The molecule has 0 radical (unpaired) electrons. The van der Waals surface area contributed by atoms with Crippen molar-refractivity contribution in [2.45, 2.75) is 31.1 Å². The summed E-state index contributed by atoms with van der Waals surface area (Å²) in [5.74, 6) is -0.195. The highest BCUT2D eigenvalue weighted by molar-refractivity contribution is 7.87. The van der Waals surface area contributed by atoms with Gasteiger partial charge in [0.1, 0.15) is 4.90 Å². The Kier molecular flexibility index (Phi) is 4.09. The van der Waals surface area contributed by atoms with Crippen LogP contribution in [-0.4, -0.2) is 14.3 Å². The second kappa shape index (κ2) is 6.04. The maximum absolute atomic E-state index is 12.5. The van der Waals surface area contributed by atoms with Crippen molar-refractivity contribution in [1.29, 1.82) is 0 Å². The molecule has 0 spiro atoms. The lowest BCUT2D eigenvalue weighted by Crippen LogP contribution is -2.13. The number of carbonyl (C=O) groups is 1. The molecule has 0 unspecified atom stereocenters. The SMILES string of the molecule is CC(=O)Nc1ccccc1OS(=O)(=O)c1ccc2c(c1)CCC2. The molecule has 0 fully saturated rings. The van der Waals surface area contributed by atoms with Gasteiger partial charge >= 0.3 is 10.1 Å². The summed E-state index contributed by atoms with van der Waals surface area (Å²) in [6.07, 6.45) is 2.92. The second-order valence-electron chi connectivity index (χ2n) is 5.50. The molecule has 0 saturated heterocycles. The van der Waals surface area contributed by atoms with Gasteiger partial charge in [-0.2, -0.15) is 8.42 Å². The first kappa shape index (κ1) is 15.6. The molecule has 2 aromatic carbocycles. The third-order valence-corrected chi connectivity index (χ3v) is 4.99. The number of fused-ring (bicyclic) bond motifs is 1. The monoisotopic (exact) mass is 331 g/mol. The van der Waals surface area contributed by atoms with Gasteiger partial charge in [0, 0.05) is 6.92 Å². The van der Waals surface area contributed by atoms with Crippen LogP contribution < -0.4 is 9.50 Å². The van der Waals surface area contributed by atoms with Gasteiger partial charge in [-0.1, -0.05) is 18.2 Å². The van der Waals surface area contributed by atoms with Crippen LogP contribution in [0.15, 0.2) is 47.4 Å². The molecule has 0 saturated carbocycles. The molecule has 0 aromatic heterocycles. The summed E-state index contributed by atoms with van der Waals surface area (Å²) in [6.45, 7) is 1.35. The van der Waals surface area contributed by atoms with Crippen molar-refractivity contribution in [3.63, 3.8) is 0 Å². The van der Waals surface area contributed by atoms with E-state index in [0.717, 1.165) is 24.8 Å². The highest BCUT2D eigenvalue weighted by Crippen LogP contribution is 2.29. The van der Waals surface area contributed by atoms with E-state index < -0.39 is 10.1 Å². The number of hydrogen-bond donors (Lipinski definition) is 1. The average Bonchev–Trinajstić information content (AvgIpc) is 2.96. The number of para-hydroxylation sites is 2. The zero-order valence-electron chi connectivity index (χ0n) is 12.7. The van der Waals surface area contributed by atoms with Crippen LogP contribution in [-0.2, 0) is 27.8 Å². The number of benzene rings is 2. The van der Waals surface area contributed by atoms with Crippen molar-refractivity contribution in [3.05, 3.63) is 53.6 Å². The highest BCUT2D eigenvalue weighted by Gasteiger charge is 2.21. The predicted molar refractivity (Wildman–Crippen MR) is 87.0 cm³/mol. The minimum absolute atomic E-state index is 0.100. The third-order valence-electron chi connectivity index (χ3n) is 3.76. The second-order valence-corrected chi connectivity index (χ2v) is 7.05. The first-order valence-electron chi connectivity index (χ1n) is 7.38. The standard InChI is InChI=1S/C17H17NO4S/c1-12(19)18-16-7-2-3-8-17(16)22-23(20,21)15-10-9-13-5-4-6-14(13)11-15/h2-3,7-11H,4-6H2,1H3,(H,18,19). The van der Waals surface area contributed by atoms with Gasteiger partial charge < -0.3 is 9.50 Å². The fourth-order valence-corrected chi connectivity index (χ4v) is 3.70. The number of amides is 1. The average molecular weight is 331 g/mol. The first-order chi connectivity index (χ1) is 11.0. The molecule has 0 bridgehead atoms. The van der Waals surface area contributed by atoms with Gasteiger partial charge in [0.15, 0.2) is 5.75 Å². The fourth-order valence-electron chi connectivity index (χ4n) is 2.70. The largest absolute Gasteiger partial charge is 0.377 e. The Bertz CT molecular complexity index is 859. The number of anilines is 1. The Labute approximate surface area is 135 Å². The first-order valence-corrected chi connectivity index (χ1v) is 8.79. The van der Waals surface area contributed by atoms with E-state index in [9.17, 15) is 13.2 Å². The lowest BCUT2D eigenvalue weighted by molar-refractivity contribution is -0.114. The van der Waals surface area contributed by atoms with Gasteiger partial charge in [-0.25, -0.2) is 0 Å². The number of aryl methyl sites for hydroxylation is 2. The smallest absolute Gasteiger partial charge is 0.339 e. The van der Waals surface area contributed by atoms with E-state index in [4.69, 9.17) is 4.18 Å². The van der Waals surface area contributed by atoms with Gasteiger partial charge in [-0.05, 0) is 54.7 Å². The summed E-state index contributed by atoms with van der Waals surface area (Å²) in [4.78, 5) is 11.3. The van der Waals surface area contributed by atoms with Gasteiger partial charge in [0.25, 0.3) is 0 Å². The zero-order chi connectivity index (χ0) is 16.4. The Morgan fingerprint density at radius 3 is 2.61 bits per heavy atom. The van der Waals surface area contributed by atoms with Crippen LogP contribution in [0.25, 0.3) is 0 Å². The lowest BCUT2D eigenvalue weighted by atomic mass is 10.1. The van der Waals surface area contributed by atoms with Crippen molar-refractivity contribution in [2.24, 2.45) is 0 Å². The Morgan fingerprint density at radius 1 is 1.09 bits per heavy atom. The van der Waals surface area contributed by atoms with Crippen molar-refractivity contribution in [2.75, 3.05) is 5.32 Å². The maximum atomic E-state index is 12.5. The summed E-state index contributed by atoms with van der Waals surface area (Å²) in [5, 5.41) is 2.56. The molecule has 2 aromatic rings. The van der Waals surface area contributed by atoms with Crippen LogP contribution >= 0.6 is 0 Å². The number of hydrogen-bond acceptors (Lipinski definition) is 4. The lowest BCUT2D eigenvalue weighted by Gasteiger charge is -2.12. The van der Waals surface area contributed by atoms with Crippen LogP contribution in [0.5, 0.6) is 5.75 Å². The molecule has 5 nitrogen and oxygen atoms in total. The molecule has 1 amide bonds. The Morgan fingerprint density at radius 2 is 1.83 bits per heavy atom. The van der Waals surface area contributed by atoms with E-state index in [-0.39, 0.29) is 16.6 Å². The van der Waals surface area contributed by atoms with E-state index in [1.807, 2.05) is 6.07 Å². The summed E-state index contributed by atoms with van der Waals surface area (Å²) in [5.41, 5.74) is 2.58. The quantitative estimate of drug-likeness (QED) is 0.874. The van der Waals surface area contributed by atoms with Gasteiger partial charge in [-0.15, -0.1) is 0 Å². The van der Waals surface area contributed by atoms with Crippen molar-refractivity contribution in [3.8, 4) is 5.75 Å². The van der Waals surface area contributed by atoms with Crippen LogP contribution in [0.1, 0.15) is 24.5 Å². The van der Waals surface area contributed by atoms with E-state index >= 15 is 0 Å². The van der Waals surface area contributed by atoms with E-state index in [1.165, 1.54) is 18.6 Å². The Hall–Kier alpha value is -2.34. The molecule has 0 aliphatic heterocycles. The number of rotatable bonds is 4. The van der Waals surface area contributed by atoms with Gasteiger partial charge in [-0.3, -0.25) is 4.79 Å². The van der Waals surface area contributed by atoms with Crippen molar-refractivity contribution in [1.82, 2.24) is 0 Å². The van der Waals surface area contributed by atoms with E-state index in [1.54, 1.807) is 30.3 Å². The van der Waals surface area contributed by atoms with Crippen LogP contribution in [0, 0.1) is 0 Å². The minimum Gasteiger partial charge on any atom is -0.377 e. The molecule has 1 N–H and O–H groups in total. The summed E-state index contributed by atoms with van der Waals surface area (Å²) < 4.78 is 30.2. The number of carbonyl (C=O) groups excluding carboxylic acids is 1. The normalized spacial score (nSPS) is 13.4. The fraction of sp³-hybridized carbons (Fsp3) is 0.235. The van der Waals surface area contributed by atoms with Crippen LogP contribution in [0.4, 0.5) is 5.69 Å². The van der Waals surface area contributed by atoms with E-state index in [0.29, 0.717) is 5.69 Å². The minimum atomic E-state index is -3.94. The van der Waals surface area contributed by atoms with Crippen LogP contribution in [0.2, 0.25) is 0 Å². The highest BCUT2D eigenvalue weighted by atomic mass is 32.2. The van der Waals surface area contributed by atoms with E-state index in [2.05, 4.69) is 5.32 Å². The molecule has 6 heteroatoms. The predicted octanol–water partition coefficient (Wildman–Crippen LogP) is 2.90. The van der Waals surface area contributed by atoms with Crippen molar-refractivity contribution >= 4 is 21.7 Å². The maximum Gasteiger partial charge on any atom is 0.339 e. The summed E-state index contributed by atoms with van der Waals surface area (Å²) in [7, 11) is -3.94. The number of nitrogens with one attached hydrogen (secondary N) is 1. The van der Waals surface area contributed by atoms with Gasteiger partial charge in [0.2, 0.25) is 5.91 Å². The third kappa shape index (κ3) is 3.37. The molecule has 1 aliphatic carbocycles. The molecular formula is C17H17NO4S. The molecule has 3 rings (SSSR count). The molecule has 120 valence electrons. The molecule has 1 aliphatic rings. The topological polar surface area (TPSA) is 72.5 Å². The van der Waals surface area contributed by atoms with Crippen LogP contribution in [0.3, 0.4) is 0 Å².